The Kier molecular flexibility index (Phi) is 6.88. The zero-order valence-corrected chi connectivity index (χ0v) is 14.8. The summed E-state index contributed by atoms with van der Waals surface area (Å²) >= 11 is 0. The van der Waals surface area contributed by atoms with E-state index >= 15 is 0 Å². The smallest absolute Gasteiger partial charge is 0.248 e. The number of ether oxygens (including phenoxy) is 1. The van der Waals surface area contributed by atoms with Crippen LogP contribution in [0.5, 0.6) is 0 Å². The summed E-state index contributed by atoms with van der Waals surface area (Å²) in [5, 5.41) is 3.06. The van der Waals surface area contributed by atoms with Crippen molar-refractivity contribution in [3.63, 3.8) is 0 Å². The molecule has 1 N–H and O–H groups in total. The molecule has 5 nitrogen and oxygen atoms in total. The normalized spacial score (nSPS) is 26.3. The second-order valence-electron chi connectivity index (χ2n) is 7.43. The van der Waals surface area contributed by atoms with Crippen LogP contribution in [0.15, 0.2) is 0 Å². The van der Waals surface area contributed by atoms with Crippen molar-refractivity contribution in [2.75, 3.05) is 19.7 Å². The molecule has 2 aliphatic rings. The Morgan fingerprint density at radius 2 is 1.78 bits per heavy atom. The van der Waals surface area contributed by atoms with Gasteiger partial charge in [-0.3, -0.25) is 9.59 Å². The van der Waals surface area contributed by atoms with Crippen LogP contribution in [-0.4, -0.2) is 48.6 Å². The summed E-state index contributed by atoms with van der Waals surface area (Å²) in [4.78, 5) is 25.9. The first-order chi connectivity index (χ1) is 11.0. The van der Waals surface area contributed by atoms with Crippen LogP contribution in [0.25, 0.3) is 0 Å². The second-order valence-corrected chi connectivity index (χ2v) is 7.43. The number of carbonyl (C=O) groups excluding carboxylic acids is 2. The van der Waals surface area contributed by atoms with Crippen molar-refractivity contribution >= 4 is 11.8 Å². The predicted molar refractivity (Wildman–Crippen MR) is 90.0 cm³/mol. The Bertz CT molecular complexity index is 403. The van der Waals surface area contributed by atoms with E-state index in [1.807, 2.05) is 18.7 Å². The second kappa shape index (κ2) is 8.67. The summed E-state index contributed by atoms with van der Waals surface area (Å²) in [7, 11) is 0. The third kappa shape index (κ3) is 5.48. The molecule has 1 heterocycles. The first-order valence-electron chi connectivity index (χ1n) is 9.17. The molecule has 0 aromatic carbocycles. The summed E-state index contributed by atoms with van der Waals surface area (Å²) < 4.78 is 5.87. The number of nitrogens with zero attached hydrogens (tertiary/aromatic N) is 1. The Morgan fingerprint density at radius 3 is 2.39 bits per heavy atom. The van der Waals surface area contributed by atoms with Gasteiger partial charge in [0.25, 0.3) is 0 Å². The molecule has 1 aliphatic heterocycles. The van der Waals surface area contributed by atoms with Crippen LogP contribution in [0.2, 0.25) is 0 Å². The van der Waals surface area contributed by atoms with Crippen molar-refractivity contribution in [2.45, 2.75) is 71.4 Å². The molecule has 0 bridgehead atoms. The summed E-state index contributed by atoms with van der Waals surface area (Å²) in [5.41, 5.74) is 0. The highest BCUT2D eigenvalue weighted by Crippen LogP contribution is 2.26. The molecule has 0 spiro atoms. The van der Waals surface area contributed by atoms with Crippen LogP contribution >= 0.6 is 0 Å². The molecule has 1 saturated heterocycles. The van der Waals surface area contributed by atoms with Crippen LogP contribution in [0.4, 0.5) is 0 Å². The lowest BCUT2D eigenvalue weighted by Gasteiger charge is -2.34. The molecular weight excluding hydrogens is 292 g/mol. The van der Waals surface area contributed by atoms with Gasteiger partial charge >= 0.3 is 0 Å². The average Bonchev–Trinajstić information content (AvgIpc) is 2.54. The predicted octanol–water partition coefficient (Wildman–Crippen LogP) is 2.34. The van der Waals surface area contributed by atoms with Gasteiger partial charge in [-0.25, -0.2) is 0 Å². The van der Waals surface area contributed by atoms with Gasteiger partial charge in [0, 0.05) is 25.0 Å². The highest BCUT2D eigenvalue weighted by Gasteiger charge is 2.27. The van der Waals surface area contributed by atoms with Gasteiger partial charge in [-0.2, -0.15) is 0 Å². The first kappa shape index (κ1) is 18.2. The largest absolute Gasteiger partial charge is 0.368 e. The molecule has 0 aromatic heterocycles. The van der Waals surface area contributed by atoms with Gasteiger partial charge < -0.3 is 15.0 Å². The van der Waals surface area contributed by atoms with Gasteiger partial charge in [0.15, 0.2) is 0 Å². The summed E-state index contributed by atoms with van der Waals surface area (Å²) in [6.07, 6.45) is 6.70. The van der Waals surface area contributed by atoms with Gasteiger partial charge in [0.1, 0.15) is 6.61 Å². The summed E-state index contributed by atoms with van der Waals surface area (Å²) in [6, 6.07) is 0.202. The number of hydrogen-bond donors (Lipinski definition) is 1. The molecule has 1 aliphatic carbocycles. The fraction of sp³-hybridized carbons (Fsp3) is 0.889. The van der Waals surface area contributed by atoms with Crippen molar-refractivity contribution in [2.24, 2.45) is 11.8 Å². The molecule has 23 heavy (non-hydrogen) atoms. The van der Waals surface area contributed by atoms with E-state index in [1.165, 1.54) is 19.3 Å². The molecule has 2 atom stereocenters. The topological polar surface area (TPSA) is 58.6 Å². The number of piperidine rings is 1. The van der Waals surface area contributed by atoms with Gasteiger partial charge in [0.2, 0.25) is 11.8 Å². The van der Waals surface area contributed by atoms with E-state index in [4.69, 9.17) is 4.74 Å². The van der Waals surface area contributed by atoms with Crippen LogP contribution in [-0.2, 0) is 14.3 Å². The van der Waals surface area contributed by atoms with Gasteiger partial charge in [-0.15, -0.1) is 0 Å². The molecule has 1 saturated carbocycles. The SMILES string of the molecule is CC(C)C(=O)NC1CCN(C(=O)CO[C@H]2CCCC[C@H]2C)CC1. The maximum atomic E-state index is 12.3. The van der Waals surface area contributed by atoms with E-state index in [0.717, 1.165) is 19.3 Å². The third-order valence-electron chi connectivity index (χ3n) is 5.17. The highest BCUT2D eigenvalue weighted by atomic mass is 16.5. The maximum absolute atomic E-state index is 12.3. The Morgan fingerprint density at radius 1 is 1.13 bits per heavy atom. The fourth-order valence-electron chi connectivity index (χ4n) is 3.44. The molecule has 2 amide bonds. The standard InChI is InChI=1S/C18H32N2O3/c1-13(2)18(22)19-15-8-10-20(11-9-15)17(21)12-23-16-7-5-4-6-14(16)3/h13-16H,4-12H2,1-3H3,(H,19,22)/t14-,16+/m1/s1. The zero-order valence-electron chi connectivity index (χ0n) is 14.8. The zero-order chi connectivity index (χ0) is 16.8. The lowest BCUT2D eigenvalue weighted by atomic mass is 9.88. The highest BCUT2D eigenvalue weighted by molar-refractivity contribution is 5.79. The van der Waals surface area contributed by atoms with E-state index in [0.29, 0.717) is 19.0 Å². The van der Waals surface area contributed by atoms with Crippen molar-refractivity contribution in [3.8, 4) is 0 Å². The van der Waals surface area contributed by atoms with Crippen molar-refractivity contribution < 1.29 is 14.3 Å². The number of hydrogen-bond acceptors (Lipinski definition) is 3. The minimum absolute atomic E-state index is 0.0144. The molecule has 5 heteroatoms. The minimum Gasteiger partial charge on any atom is -0.368 e. The van der Waals surface area contributed by atoms with E-state index in [-0.39, 0.29) is 36.5 Å². The third-order valence-corrected chi connectivity index (χ3v) is 5.17. The average molecular weight is 324 g/mol. The maximum Gasteiger partial charge on any atom is 0.248 e. The lowest BCUT2D eigenvalue weighted by Crippen LogP contribution is -2.48. The monoisotopic (exact) mass is 324 g/mol. The van der Waals surface area contributed by atoms with E-state index < -0.39 is 0 Å². The molecule has 0 unspecified atom stereocenters. The summed E-state index contributed by atoms with van der Waals surface area (Å²) in [5.74, 6) is 0.773. The number of likely N-dealkylation sites (tertiary alicyclic amines) is 1. The quantitative estimate of drug-likeness (QED) is 0.844. The Hall–Kier alpha value is -1.10. The van der Waals surface area contributed by atoms with Crippen molar-refractivity contribution in [3.05, 3.63) is 0 Å². The van der Waals surface area contributed by atoms with Crippen LogP contribution < -0.4 is 5.32 Å². The van der Waals surface area contributed by atoms with E-state index in [9.17, 15) is 9.59 Å². The number of rotatable bonds is 5. The van der Waals surface area contributed by atoms with Crippen molar-refractivity contribution in [1.82, 2.24) is 10.2 Å². The molecule has 2 rings (SSSR count). The van der Waals surface area contributed by atoms with E-state index in [1.54, 1.807) is 0 Å². The van der Waals surface area contributed by atoms with Crippen LogP contribution in [0.3, 0.4) is 0 Å². The Balaban J connectivity index is 1.68. The Labute approximate surface area is 140 Å². The van der Waals surface area contributed by atoms with Gasteiger partial charge in [0.05, 0.1) is 6.10 Å². The molecular formula is C18H32N2O3. The lowest BCUT2D eigenvalue weighted by molar-refractivity contribution is -0.141. The molecule has 0 radical (unpaired) electrons. The summed E-state index contributed by atoms with van der Waals surface area (Å²) in [6.45, 7) is 7.65. The molecule has 2 fully saturated rings. The fourth-order valence-corrected chi connectivity index (χ4v) is 3.44. The first-order valence-corrected chi connectivity index (χ1v) is 9.17. The van der Waals surface area contributed by atoms with E-state index in [2.05, 4.69) is 12.2 Å². The molecule has 132 valence electrons. The van der Waals surface area contributed by atoms with Crippen molar-refractivity contribution in [1.29, 1.82) is 0 Å². The number of amides is 2. The minimum atomic E-state index is 0.0144. The number of nitrogens with one attached hydrogen (secondary N) is 1. The molecule has 0 aromatic rings. The number of carbonyl (C=O) groups is 2. The van der Waals surface area contributed by atoms with Gasteiger partial charge in [-0.1, -0.05) is 33.6 Å². The van der Waals surface area contributed by atoms with Crippen LogP contribution in [0.1, 0.15) is 59.3 Å². The van der Waals surface area contributed by atoms with Crippen LogP contribution in [0, 0.1) is 11.8 Å². The van der Waals surface area contributed by atoms with Gasteiger partial charge in [-0.05, 0) is 31.6 Å².